The largest absolute Gasteiger partial charge is 0.295 e. The highest BCUT2D eigenvalue weighted by Crippen LogP contribution is 2.05. The average Bonchev–Trinajstić information content (AvgIpc) is 2.27. The highest BCUT2D eigenvalue weighted by molar-refractivity contribution is 5.89. The third-order valence-corrected chi connectivity index (χ3v) is 2.50. The normalized spacial score (nSPS) is 11.6. The van der Waals surface area contributed by atoms with Gasteiger partial charge in [-0.2, -0.15) is 0 Å². The van der Waals surface area contributed by atoms with Crippen molar-refractivity contribution < 1.29 is 4.79 Å². The molecule has 0 amide bonds. The molecule has 1 nitrogen and oxygen atoms in total. The molecule has 0 rings (SSSR count). The Balaban J connectivity index is 3.36. The number of hydrogen-bond acceptors (Lipinski definition) is 1. The standard InChI is InChI=1S/C15H26O/c1-3-5-6-7-8-9-10-11-12-14-15(16)13-4-2/h10-12,14H,3-9,13H2,1-2H3. The summed E-state index contributed by atoms with van der Waals surface area (Å²) in [5, 5.41) is 0. The van der Waals surface area contributed by atoms with Crippen molar-refractivity contribution in [3.63, 3.8) is 0 Å². The van der Waals surface area contributed by atoms with Crippen LogP contribution in [0.4, 0.5) is 0 Å². The molecule has 0 aromatic heterocycles. The number of hydrogen-bond donors (Lipinski definition) is 0. The first-order valence-electron chi connectivity index (χ1n) is 6.67. The van der Waals surface area contributed by atoms with Gasteiger partial charge in [0.25, 0.3) is 0 Å². The molecule has 0 heterocycles. The lowest BCUT2D eigenvalue weighted by atomic mass is 10.1. The van der Waals surface area contributed by atoms with Gasteiger partial charge in [0.2, 0.25) is 0 Å². The molecule has 1 heteroatoms. The summed E-state index contributed by atoms with van der Waals surface area (Å²) in [6, 6.07) is 0. The molecular weight excluding hydrogens is 196 g/mol. The van der Waals surface area contributed by atoms with E-state index in [0.717, 1.165) is 12.8 Å². The first-order valence-corrected chi connectivity index (χ1v) is 6.67. The van der Waals surface area contributed by atoms with Gasteiger partial charge in [-0.25, -0.2) is 0 Å². The molecule has 0 radical (unpaired) electrons. The summed E-state index contributed by atoms with van der Waals surface area (Å²) in [6.07, 6.45) is 17.0. The van der Waals surface area contributed by atoms with Crippen LogP contribution in [0.25, 0.3) is 0 Å². The molecule has 0 N–H and O–H groups in total. The van der Waals surface area contributed by atoms with Crippen molar-refractivity contribution in [2.45, 2.75) is 65.2 Å². The lowest BCUT2D eigenvalue weighted by Crippen LogP contribution is -1.88. The maximum absolute atomic E-state index is 11.1. The van der Waals surface area contributed by atoms with E-state index in [-0.39, 0.29) is 5.78 Å². The van der Waals surface area contributed by atoms with E-state index in [9.17, 15) is 4.79 Å². The topological polar surface area (TPSA) is 17.1 Å². The van der Waals surface area contributed by atoms with E-state index < -0.39 is 0 Å². The van der Waals surface area contributed by atoms with Gasteiger partial charge in [0.1, 0.15) is 0 Å². The molecule has 0 aliphatic heterocycles. The zero-order valence-corrected chi connectivity index (χ0v) is 10.9. The van der Waals surface area contributed by atoms with Gasteiger partial charge in [0, 0.05) is 6.42 Å². The second-order valence-electron chi connectivity index (χ2n) is 4.21. The fourth-order valence-corrected chi connectivity index (χ4v) is 1.53. The van der Waals surface area contributed by atoms with E-state index >= 15 is 0 Å². The van der Waals surface area contributed by atoms with Crippen molar-refractivity contribution in [2.24, 2.45) is 0 Å². The van der Waals surface area contributed by atoms with Crippen LogP contribution in [0, 0.1) is 0 Å². The number of carbonyl (C=O) groups is 1. The van der Waals surface area contributed by atoms with Gasteiger partial charge in [0.15, 0.2) is 5.78 Å². The minimum absolute atomic E-state index is 0.232. The summed E-state index contributed by atoms with van der Waals surface area (Å²) < 4.78 is 0. The fourth-order valence-electron chi connectivity index (χ4n) is 1.53. The number of rotatable bonds is 10. The quantitative estimate of drug-likeness (QED) is 0.294. The fraction of sp³-hybridized carbons (Fsp3) is 0.667. The summed E-state index contributed by atoms with van der Waals surface area (Å²) in [5.74, 6) is 0.232. The van der Waals surface area contributed by atoms with Crippen LogP contribution >= 0.6 is 0 Å². The van der Waals surface area contributed by atoms with Crippen molar-refractivity contribution in [1.82, 2.24) is 0 Å². The van der Waals surface area contributed by atoms with Crippen LogP contribution in [0.3, 0.4) is 0 Å². The minimum atomic E-state index is 0.232. The van der Waals surface area contributed by atoms with Gasteiger partial charge in [-0.15, -0.1) is 0 Å². The smallest absolute Gasteiger partial charge is 0.155 e. The lowest BCUT2D eigenvalue weighted by molar-refractivity contribution is -0.114. The Morgan fingerprint density at radius 3 is 2.38 bits per heavy atom. The molecule has 0 saturated heterocycles. The zero-order valence-electron chi connectivity index (χ0n) is 10.9. The van der Waals surface area contributed by atoms with Crippen LogP contribution in [0.1, 0.15) is 65.2 Å². The van der Waals surface area contributed by atoms with Crippen LogP contribution in [0.15, 0.2) is 24.3 Å². The van der Waals surface area contributed by atoms with Crippen LogP contribution in [0.2, 0.25) is 0 Å². The van der Waals surface area contributed by atoms with Gasteiger partial charge in [-0.05, 0) is 25.3 Å². The molecule has 92 valence electrons. The molecule has 0 saturated carbocycles. The highest BCUT2D eigenvalue weighted by Gasteiger charge is 1.90. The summed E-state index contributed by atoms with van der Waals surface area (Å²) in [4.78, 5) is 11.1. The summed E-state index contributed by atoms with van der Waals surface area (Å²) in [5.41, 5.74) is 0. The van der Waals surface area contributed by atoms with Crippen molar-refractivity contribution >= 4 is 5.78 Å². The van der Waals surface area contributed by atoms with Gasteiger partial charge >= 0.3 is 0 Å². The van der Waals surface area contributed by atoms with Crippen molar-refractivity contribution in [2.75, 3.05) is 0 Å². The van der Waals surface area contributed by atoms with Crippen LogP contribution in [-0.2, 0) is 4.79 Å². The third-order valence-electron chi connectivity index (χ3n) is 2.50. The van der Waals surface area contributed by atoms with Crippen molar-refractivity contribution in [3.8, 4) is 0 Å². The van der Waals surface area contributed by atoms with E-state index in [1.807, 2.05) is 19.1 Å². The van der Waals surface area contributed by atoms with Gasteiger partial charge in [-0.1, -0.05) is 57.8 Å². The van der Waals surface area contributed by atoms with E-state index in [4.69, 9.17) is 0 Å². The van der Waals surface area contributed by atoms with Crippen molar-refractivity contribution in [3.05, 3.63) is 24.3 Å². The summed E-state index contributed by atoms with van der Waals surface area (Å²) >= 11 is 0. The van der Waals surface area contributed by atoms with Crippen LogP contribution in [0.5, 0.6) is 0 Å². The van der Waals surface area contributed by atoms with E-state index in [2.05, 4.69) is 13.0 Å². The van der Waals surface area contributed by atoms with Gasteiger partial charge in [-0.3, -0.25) is 4.79 Å². The Bertz CT molecular complexity index is 213. The Hall–Kier alpha value is -0.850. The van der Waals surface area contributed by atoms with Crippen LogP contribution in [-0.4, -0.2) is 5.78 Å². The highest BCUT2D eigenvalue weighted by atomic mass is 16.1. The predicted octanol–water partition coefficient (Wildman–Crippen LogP) is 4.83. The number of carbonyl (C=O) groups excluding carboxylic acids is 1. The first-order chi connectivity index (χ1) is 7.81. The third kappa shape index (κ3) is 11.2. The van der Waals surface area contributed by atoms with Crippen LogP contribution < -0.4 is 0 Å². The molecule has 0 bridgehead atoms. The Kier molecular flexibility index (Phi) is 11.6. The second-order valence-corrected chi connectivity index (χ2v) is 4.21. The van der Waals surface area contributed by atoms with Gasteiger partial charge in [0.05, 0.1) is 0 Å². The van der Waals surface area contributed by atoms with E-state index in [0.29, 0.717) is 6.42 Å². The summed E-state index contributed by atoms with van der Waals surface area (Å²) in [7, 11) is 0. The Morgan fingerprint density at radius 2 is 1.69 bits per heavy atom. The molecular formula is C15H26O. The maximum Gasteiger partial charge on any atom is 0.155 e. The van der Waals surface area contributed by atoms with E-state index in [1.165, 1.54) is 32.1 Å². The number of ketones is 1. The first kappa shape index (κ1) is 15.2. The molecule has 0 atom stereocenters. The molecule has 0 aromatic rings. The number of unbranched alkanes of at least 4 members (excludes halogenated alkanes) is 5. The molecule has 0 spiro atoms. The Morgan fingerprint density at radius 1 is 0.938 bits per heavy atom. The molecule has 0 unspecified atom stereocenters. The predicted molar refractivity (Wildman–Crippen MR) is 71.6 cm³/mol. The van der Waals surface area contributed by atoms with E-state index in [1.54, 1.807) is 6.08 Å². The minimum Gasteiger partial charge on any atom is -0.295 e. The molecule has 0 fully saturated rings. The molecule has 0 aliphatic rings. The summed E-state index contributed by atoms with van der Waals surface area (Å²) in [6.45, 7) is 4.26. The zero-order chi connectivity index (χ0) is 12.1. The molecule has 16 heavy (non-hydrogen) atoms. The molecule has 0 aliphatic carbocycles. The monoisotopic (exact) mass is 222 g/mol. The lowest BCUT2D eigenvalue weighted by Gasteiger charge is -1.95. The number of allylic oxidation sites excluding steroid dienone is 4. The molecule has 0 aromatic carbocycles. The Labute approximate surface area is 101 Å². The van der Waals surface area contributed by atoms with Gasteiger partial charge < -0.3 is 0 Å². The SMILES string of the molecule is CCCCCCCC=CC=CC(=O)CCC. The second kappa shape index (κ2) is 12.2. The van der Waals surface area contributed by atoms with Crippen molar-refractivity contribution in [1.29, 1.82) is 0 Å². The maximum atomic E-state index is 11.1. The average molecular weight is 222 g/mol.